The summed E-state index contributed by atoms with van der Waals surface area (Å²) in [5.74, 6) is -1.43. The Morgan fingerprint density at radius 1 is 1.53 bits per heavy atom. The van der Waals surface area contributed by atoms with E-state index >= 15 is 0 Å². The van der Waals surface area contributed by atoms with Crippen molar-refractivity contribution in [2.45, 2.75) is 25.8 Å². The van der Waals surface area contributed by atoms with Gasteiger partial charge in [-0.2, -0.15) is 0 Å². The van der Waals surface area contributed by atoms with Crippen LogP contribution in [0.5, 0.6) is 0 Å². The zero-order valence-corrected chi connectivity index (χ0v) is 10.1. The number of aliphatic carboxylic acids is 1. The van der Waals surface area contributed by atoms with Crippen molar-refractivity contribution in [3.05, 3.63) is 12.7 Å². The number of carbonyl (C=O) groups excluding carboxylic acids is 1. The van der Waals surface area contributed by atoms with E-state index in [1.807, 2.05) is 6.92 Å². The molecule has 1 rings (SSSR count). The number of likely N-dealkylation sites (tertiary alicyclic amines) is 1. The molecule has 1 aliphatic rings. The fourth-order valence-electron chi connectivity index (χ4n) is 1.97. The molecular formula is C12H19NO4. The highest BCUT2D eigenvalue weighted by Crippen LogP contribution is 2.22. The number of hydrogen-bond donors (Lipinski definition) is 1. The van der Waals surface area contributed by atoms with Crippen molar-refractivity contribution < 1.29 is 19.4 Å². The zero-order valence-electron chi connectivity index (χ0n) is 10.1. The number of hydrogen-bond acceptors (Lipinski definition) is 3. The number of nitrogens with zero attached hydrogens (tertiary/aromatic N) is 1. The van der Waals surface area contributed by atoms with Gasteiger partial charge in [0.05, 0.1) is 12.5 Å². The van der Waals surface area contributed by atoms with Gasteiger partial charge < -0.3 is 14.7 Å². The number of carboxylic acid groups (broad SMARTS) is 1. The van der Waals surface area contributed by atoms with Crippen molar-refractivity contribution in [1.29, 1.82) is 0 Å². The van der Waals surface area contributed by atoms with Gasteiger partial charge >= 0.3 is 5.97 Å². The van der Waals surface area contributed by atoms with E-state index in [2.05, 4.69) is 6.58 Å². The Morgan fingerprint density at radius 3 is 2.82 bits per heavy atom. The third-order valence-corrected chi connectivity index (χ3v) is 3.01. The van der Waals surface area contributed by atoms with Gasteiger partial charge in [-0.3, -0.25) is 9.59 Å². The SMILES string of the molecule is C=CCOCC(=O)N1CC(C(=O)O)CCC1C. The lowest BCUT2D eigenvalue weighted by atomic mass is 9.93. The van der Waals surface area contributed by atoms with Gasteiger partial charge in [-0.05, 0) is 19.8 Å². The maximum absolute atomic E-state index is 11.8. The highest BCUT2D eigenvalue weighted by Gasteiger charge is 2.32. The molecule has 0 aliphatic carbocycles. The number of ether oxygens (including phenoxy) is 1. The first-order valence-corrected chi connectivity index (χ1v) is 5.77. The number of piperidine rings is 1. The Bertz CT molecular complexity index is 303. The van der Waals surface area contributed by atoms with Crippen LogP contribution in [0.4, 0.5) is 0 Å². The highest BCUT2D eigenvalue weighted by molar-refractivity contribution is 5.79. The van der Waals surface area contributed by atoms with Gasteiger partial charge in [-0.15, -0.1) is 6.58 Å². The standard InChI is InChI=1S/C12H19NO4/c1-3-6-17-8-11(14)13-7-10(12(15)16)5-4-9(13)2/h3,9-10H,1,4-8H2,2H3,(H,15,16). The first-order chi connectivity index (χ1) is 8.06. The van der Waals surface area contributed by atoms with Crippen molar-refractivity contribution in [2.24, 2.45) is 5.92 Å². The zero-order chi connectivity index (χ0) is 12.8. The van der Waals surface area contributed by atoms with Crippen LogP contribution >= 0.6 is 0 Å². The molecule has 0 aromatic heterocycles. The van der Waals surface area contributed by atoms with Crippen molar-refractivity contribution >= 4 is 11.9 Å². The predicted molar refractivity (Wildman–Crippen MR) is 62.6 cm³/mol. The third kappa shape index (κ3) is 3.85. The highest BCUT2D eigenvalue weighted by atomic mass is 16.5. The lowest BCUT2D eigenvalue weighted by Gasteiger charge is -2.36. The van der Waals surface area contributed by atoms with Crippen LogP contribution in [-0.2, 0) is 14.3 Å². The van der Waals surface area contributed by atoms with Crippen LogP contribution < -0.4 is 0 Å². The molecule has 5 nitrogen and oxygen atoms in total. The smallest absolute Gasteiger partial charge is 0.308 e. The van der Waals surface area contributed by atoms with E-state index in [9.17, 15) is 9.59 Å². The molecular weight excluding hydrogens is 222 g/mol. The van der Waals surface area contributed by atoms with Crippen LogP contribution in [0, 0.1) is 5.92 Å². The van der Waals surface area contributed by atoms with E-state index in [0.29, 0.717) is 13.0 Å². The number of rotatable bonds is 5. The molecule has 0 aromatic carbocycles. The number of carboxylic acids is 1. The summed E-state index contributed by atoms with van der Waals surface area (Å²) in [5.41, 5.74) is 0. The molecule has 2 unspecified atom stereocenters. The molecule has 0 radical (unpaired) electrons. The van der Waals surface area contributed by atoms with E-state index in [1.165, 1.54) is 0 Å². The monoisotopic (exact) mass is 241 g/mol. The maximum Gasteiger partial charge on any atom is 0.308 e. The second-order valence-corrected chi connectivity index (χ2v) is 4.31. The van der Waals surface area contributed by atoms with E-state index in [0.717, 1.165) is 6.42 Å². The van der Waals surface area contributed by atoms with Gasteiger partial charge in [0.1, 0.15) is 6.61 Å². The van der Waals surface area contributed by atoms with Gasteiger partial charge in [0, 0.05) is 12.6 Å². The summed E-state index contributed by atoms with van der Waals surface area (Å²) in [4.78, 5) is 24.3. The quantitative estimate of drug-likeness (QED) is 0.573. The van der Waals surface area contributed by atoms with E-state index in [-0.39, 0.29) is 25.1 Å². The second kappa shape index (κ2) is 6.39. The van der Waals surface area contributed by atoms with Crippen LogP contribution in [-0.4, -0.2) is 47.7 Å². The number of amides is 1. The van der Waals surface area contributed by atoms with E-state index in [4.69, 9.17) is 9.84 Å². The largest absolute Gasteiger partial charge is 0.481 e. The van der Waals surface area contributed by atoms with Crippen molar-refractivity contribution in [3.8, 4) is 0 Å². The Morgan fingerprint density at radius 2 is 2.24 bits per heavy atom. The minimum absolute atomic E-state index is 0.0112. The average molecular weight is 241 g/mol. The lowest BCUT2D eigenvalue weighted by Crippen LogP contribution is -2.48. The first-order valence-electron chi connectivity index (χ1n) is 5.77. The molecule has 1 saturated heterocycles. The van der Waals surface area contributed by atoms with Gasteiger partial charge in [0.2, 0.25) is 5.91 Å². The van der Waals surface area contributed by atoms with E-state index in [1.54, 1.807) is 11.0 Å². The topological polar surface area (TPSA) is 66.8 Å². The second-order valence-electron chi connectivity index (χ2n) is 4.31. The summed E-state index contributed by atoms with van der Waals surface area (Å²) >= 11 is 0. The van der Waals surface area contributed by atoms with Crippen LogP contribution in [0.3, 0.4) is 0 Å². The minimum atomic E-state index is -0.832. The van der Waals surface area contributed by atoms with Crippen LogP contribution in [0.25, 0.3) is 0 Å². The van der Waals surface area contributed by atoms with Crippen molar-refractivity contribution in [1.82, 2.24) is 4.90 Å². The molecule has 1 fully saturated rings. The number of carbonyl (C=O) groups is 2. The van der Waals surface area contributed by atoms with Gasteiger partial charge in [0.25, 0.3) is 0 Å². The summed E-state index contributed by atoms with van der Waals surface area (Å²) in [6.45, 7) is 6.03. The normalized spacial score (nSPS) is 24.4. The lowest BCUT2D eigenvalue weighted by molar-refractivity contribution is -0.148. The molecule has 0 spiro atoms. The Labute approximate surface area is 101 Å². The van der Waals surface area contributed by atoms with Gasteiger partial charge in [-0.25, -0.2) is 0 Å². The summed E-state index contributed by atoms with van der Waals surface area (Å²) < 4.78 is 5.09. The fourth-order valence-corrected chi connectivity index (χ4v) is 1.97. The molecule has 1 N–H and O–H groups in total. The Balaban J connectivity index is 2.51. The summed E-state index contributed by atoms with van der Waals surface area (Å²) in [7, 11) is 0. The van der Waals surface area contributed by atoms with Crippen LogP contribution in [0.15, 0.2) is 12.7 Å². The fraction of sp³-hybridized carbons (Fsp3) is 0.667. The van der Waals surface area contributed by atoms with Crippen molar-refractivity contribution in [2.75, 3.05) is 19.8 Å². The molecule has 1 aliphatic heterocycles. The van der Waals surface area contributed by atoms with E-state index < -0.39 is 11.9 Å². The molecule has 2 atom stereocenters. The summed E-state index contributed by atoms with van der Waals surface area (Å²) in [5, 5.41) is 8.96. The van der Waals surface area contributed by atoms with Gasteiger partial charge in [0.15, 0.2) is 0 Å². The predicted octanol–water partition coefficient (Wildman–Crippen LogP) is 0.901. The Kier molecular flexibility index (Phi) is 5.15. The molecule has 96 valence electrons. The summed E-state index contributed by atoms with van der Waals surface area (Å²) in [6.07, 6.45) is 2.94. The molecule has 17 heavy (non-hydrogen) atoms. The minimum Gasteiger partial charge on any atom is -0.481 e. The summed E-state index contributed by atoms with van der Waals surface area (Å²) in [6, 6.07) is 0.0884. The van der Waals surface area contributed by atoms with Crippen LogP contribution in [0.2, 0.25) is 0 Å². The molecule has 0 bridgehead atoms. The average Bonchev–Trinajstić information content (AvgIpc) is 2.29. The molecule has 1 heterocycles. The van der Waals surface area contributed by atoms with Crippen LogP contribution in [0.1, 0.15) is 19.8 Å². The first kappa shape index (κ1) is 13.7. The van der Waals surface area contributed by atoms with Gasteiger partial charge in [-0.1, -0.05) is 6.08 Å². The third-order valence-electron chi connectivity index (χ3n) is 3.01. The molecule has 5 heteroatoms. The molecule has 1 amide bonds. The molecule has 0 saturated carbocycles. The van der Waals surface area contributed by atoms with Crippen molar-refractivity contribution in [3.63, 3.8) is 0 Å². The molecule has 0 aromatic rings. The maximum atomic E-state index is 11.8. The Hall–Kier alpha value is -1.36.